The highest BCUT2D eigenvalue weighted by Gasteiger charge is 2.49. The molecule has 2 aromatic carbocycles. The Kier molecular flexibility index (Phi) is 15.8. The predicted molar refractivity (Wildman–Crippen MR) is 202 cm³/mol. The first-order valence-electron chi connectivity index (χ1n) is 18.8. The number of rotatable bonds is 20. The normalized spacial score (nSPS) is 19.9. The van der Waals surface area contributed by atoms with Crippen LogP contribution >= 0.6 is 0 Å². The second-order valence-electron chi connectivity index (χ2n) is 15.2. The minimum Gasteiger partial charge on any atom is -0.411 e. The molecule has 13 heteroatoms. The van der Waals surface area contributed by atoms with Gasteiger partial charge in [-0.3, -0.25) is 24.1 Å². The topological polar surface area (TPSA) is 174 Å². The number of carbonyl (C=O) groups excluding carboxylic acids is 4. The number of aryl methyl sites for hydroxylation is 1. The maximum Gasteiger partial charge on any atom is 0.243 e. The Hall–Kier alpha value is -4.33. The molecule has 2 aliphatic rings. The van der Waals surface area contributed by atoms with Crippen molar-refractivity contribution in [1.82, 2.24) is 26.2 Å². The van der Waals surface area contributed by atoms with Gasteiger partial charge in [0.15, 0.2) is 0 Å². The summed E-state index contributed by atoms with van der Waals surface area (Å²) >= 11 is 0. The molecule has 2 heterocycles. The Morgan fingerprint density at radius 3 is 1.83 bits per heavy atom. The summed E-state index contributed by atoms with van der Waals surface area (Å²) < 4.78 is 11.0. The van der Waals surface area contributed by atoms with Gasteiger partial charge in [0, 0.05) is 19.5 Å². The molecule has 0 radical (unpaired) electrons. The van der Waals surface area contributed by atoms with Gasteiger partial charge in [0.05, 0.1) is 32.4 Å². The maximum atomic E-state index is 14.1. The zero-order valence-corrected chi connectivity index (χ0v) is 31.8. The third-order valence-electron chi connectivity index (χ3n) is 9.52. The van der Waals surface area contributed by atoms with Crippen LogP contribution in [0.2, 0.25) is 0 Å². The van der Waals surface area contributed by atoms with E-state index in [-0.39, 0.29) is 30.7 Å². The van der Waals surface area contributed by atoms with Crippen LogP contribution in [0.4, 0.5) is 0 Å². The van der Waals surface area contributed by atoms with Gasteiger partial charge < -0.3 is 35.9 Å². The molecule has 2 aromatic rings. The van der Waals surface area contributed by atoms with Gasteiger partial charge in [-0.2, -0.15) is 0 Å². The Morgan fingerprint density at radius 1 is 0.755 bits per heavy atom. The number of nitrogens with one attached hydrogen (secondary N) is 4. The SMILES string of the molecule is CC(C)CC(NC(=O)C(CCc1ccccc1)NC(=O)CN1CCOCC1)C(=O)NC(Cc1ccccc1)C(=O)NC(CC(C)C)C(=NO)C1(C)CO1. The number of oxime groups is 1. The van der Waals surface area contributed by atoms with Gasteiger partial charge in [0.1, 0.15) is 29.4 Å². The Labute approximate surface area is 313 Å². The molecule has 0 aliphatic carbocycles. The van der Waals surface area contributed by atoms with E-state index in [9.17, 15) is 24.4 Å². The molecule has 0 saturated carbocycles. The van der Waals surface area contributed by atoms with Crippen molar-refractivity contribution in [3.63, 3.8) is 0 Å². The molecule has 0 aromatic heterocycles. The van der Waals surface area contributed by atoms with Crippen LogP contribution in [0, 0.1) is 11.8 Å². The lowest BCUT2D eigenvalue weighted by atomic mass is 9.92. The molecule has 5 unspecified atom stereocenters. The number of hydrogen-bond donors (Lipinski definition) is 5. The third-order valence-corrected chi connectivity index (χ3v) is 9.52. The van der Waals surface area contributed by atoms with Gasteiger partial charge in [-0.25, -0.2) is 0 Å². The molecule has 13 nitrogen and oxygen atoms in total. The molecule has 2 saturated heterocycles. The van der Waals surface area contributed by atoms with Crippen LogP contribution < -0.4 is 21.3 Å². The summed E-state index contributed by atoms with van der Waals surface area (Å²) in [7, 11) is 0. The molecule has 5 N–H and O–H groups in total. The lowest BCUT2D eigenvalue weighted by Gasteiger charge is -2.29. The van der Waals surface area contributed by atoms with E-state index in [1.807, 2.05) is 100 Å². The first kappa shape index (κ1) is 41.4. The van der Waals surface area contributed by atoms with Crippen molar-refractivity contribution < 1.29 is 33.9 Å². The second-order valence-corrected chi connectivity index (χ2v) is 15.2. The van der Waals surface area contributed by atoms with Crippen LogP contribution in [0.25, 0.3) is 0 Å². The Morgan fingerprint density at radius 2 is 1.26 bits per heavy atom. The Balaban J connectivity index is 1.53. The van der Waals surface area contributed by atoms with Crippen molar-refractivity contribution in [1.29, 1.82) is 0 Å². The van der Waals surface area contributed by atoms with Crippen LogP contribution in [0.15, 0.2) is 65.8 Å². The van der Waals surface area contributed by atoms with Gasteiger partial charge in [-0.15, -0.1) is 0 Å². The monoisotopic (exact) mass is 734 g/mol. The number of epoxide rings is 1. The van der Waals surface area contributed by atoms with Crippen molar-refractivity contribution in [3.05, 3.63) is 71.8 Å². The largest absolute Gasteiger partial charge is 0.411 e. The number of nitrogens with zero attached hydrogens (tertiary/aromatic N) is 2. The van der Waals surface area contributed by atoms with Crippen LogP contribution in [0.5, 0.6) is 0 Å². The van der Waals surface area contributed by atoms with Gasteiger partial charge in [-0.05, 0) is 55.6 Å². The highest BCUT2D eigenvalue weighted by Crippen LogP contribution is 2.31. The second kappa shape index (κ2) is 20.2. The number of morpholine rings is 1. The molecule has 2 aliphatic heterocycles. The highest BCUT2D eigenvalue weighted by atomic mass is 16.6. The van der Waals surface area contributed by atoms with E-state index < -0.39 is 47.5 Å². The quantitative estimate of drug-likeness (QED) is 0.0598. The van der Waals surface area contributed by atoms with E-state index in [0.717, 1.165) is 11.1 Å². The van der Waals surface area contributed by atoms with E-state index in [1.165, 1.54) is 0 Å². The first-order chi connectivity index (χ1) is 25.4. The molecule has 5 atom stereocenters. The average Bonchev–Trinajstić information content (AvgIpc) is 3.87. The standard InChI is InChI=1S/C40H58N6O7/c1-27(2)22-32(36(45-51)40(5)26-53-40)42-39(50)34(24-30-14-10-7-11-15-30)44-38(49)33(23-28(3)4)43-37(48)31(17-16-29-12-8-6-9-13-29)41-35(47)25-46-18-20-52-21-19-46/h6-15,27-28,31-34,51H,16-26H2,1-5H3,(H,41,47)(H,42,50)(H,43,48)(H,44,49). The fraction of sp³-hybridized carbons (Fsp3) is 0.575. The molecule has 4 amide bonds. The molecule has 290 valence electrons. The van der Waals surface area contributed by atoms with Crippen molar-refractivity contribution in [2.24, 2.45) is 17.0 Å². The molecule has 2 fully saturated rings. The smallest absolute Gasteiger partial charge is 0.243 e. The third kappa shape index (κ3) is 13.5. The number of hydrogen-bond acceptors (Lipinski definition) is 9. The number of carbonyl (C=O) groups is 4. The average molecular weight is 735 g/mol. The number of amides is 4. The van der Waals surface area contributed by atoms with Crippen LogP contribution in [0.1, 0.15) is 65.0 Å². The van der Waals surface area contributed by atoms with Crippen molar-refractivity contribution in [3.8, 4) is 0 Å². The highest BCUT2D eigenvalue weighted by molar-refractivity contribution is 6.01. The van der Waals surface area contributed by atoms with E-state index in [4.69, 9.17) is 9.47 Å². The summed E-state index contributed by atoms with van der Waals surface area (Å²) in [5.74, 6) is -1.56. The fourth-order valence-electron chi connectivity index (χ4n) is 6.52. The number of benzene rings is 2. The Bertz CT molecular complexity index is 1510. The molecular weight excluding hydrogens is 676 g/mol. The summed E-state index contributed by atoms with van der Waals surface area (Å²) in [5.41, 5.74) is 1.40. The molecule has 53 heavy (non-hydrogen) atoms. The van der Waals surface area contributed by atoms with E-state index in [2.05, 4.69) is 26.4 Å². The summed E-state index contributed by atoms with van der Waals surface area (Å²) in [4.78, 5) is 57.4. The van der Waals surface area contributed by atoms with Crippen molar-refractivity contribution >= 4 is 29.3 Å². The van der Waals surface area contributed by atoms with E-state index >= 15 is 0 Å². The lowest BCUT2D eigenvalue weighted by molar-refractivity contribution is -0.134. The lowest BCUT2D eigenvalue weighted by Crippen LogP contribution is -2.59. The van der Waals surface area contributed by atoms with E-state index in [0.29, 0.717) is 64.3 Å². The fourth-order valence-corrected chi connectivity index (χ4v) is 6.52. The zero-order chi connectivity index (χ0) is 38.4. The summed E-state index contributed by atoms with van der Waals surface area (Å²) in [5, 5.41) is 25.3. The van der Waals surface area contributed by atoms with Crippen molar-refractivity contribution in [2.45, 2.75) is 96.5 Å². The predicted octanol–water partition coefficient (Wildman–Crippen LogP) is 2.84. The van der Waals surface area contributed by atoms with Gasteiger partial charge >= 0.3 is 0 Å². The molecular formula is C40H58N6O7. The summed E-state index contributed by atoms with van der Waals surface area (Å²) in [6.45, 7) is 12.6. The van der Waals surface area contributed by atoms with Gasteiger partial charge in [0.2, 0.25) is 23.6 Å². The van der Waals surface area contributed by atoms with Crippen LogP contribution in [0.3, 0.4) is 0 Å². The first-order valence-corrected chi connectivity index (χ1v) is 18.8. The van der Waals surface area contributed by atoms with Crippen molar-refractivity contribution in [2.75, 3.05) is 39.5 Å². The molecule has 0 spiro atoms. The molecule has 4 rings (SSSR count). The summed E-state index contributed by atoms with van der Waals surface area (Å²) in [6, 6.07) is 15.5. The molecule has 0 bridgehead atoms. The maximum absolute atomic E-state index is 14.1. The minimum absolute atomic E-state index is 0.0177. The van der Waals surface area contributed by atoms with Gasteiger partial charge in [0.25, 0.3) is 0 Å². The van der Waals surface area contributed by atoms with Crippen LogP contribution in [-0.2, 0) is 41.5 Å². The summed E-state index contributed by atoms with van der Waals surface area (Å²) in [6.07, 6.45) is 1.85. The van der Waals surface area contributed by atoms with E-state index in [1.54, 1.807) is 0 Å². The number of ether oxygens (including phenoxy) is 2. The van der Waals surface area contributed by atoms with Gasteiger partial charge in [-0.1, -0.05) is 93.5 Å². The minimum atomic E-state index is -1.01. The van der Waals surface area contributed by atoms with Crippen LogP contribution in [-0.4, -0.2) is 109 Å². The zero-order valence-electron chi connectivity index (χ0n) is 31.8.